The summed E-state index contributed by atoms with van der Waals surface area (Å²) in [5.41, 5.74) is 1.40. The molecular formula is C11H10BrFN2. The van der Waals surface area contributed by atoms with E-state index in [0.29, 0.717) is 11.3 Å². The van der Waals surface area contributed by atoms with Crippen LogP contribution in [0.3, 0.4) is 0 Å². The lowest BCUT2D eigenvalue weighted by atomic mass is 10.1. The Kier molecular flexibility index (Phi) is 2.61. The molecule has 0 aliphatic heterocycles. The van der Waals surface area contributed by atoms with Crippen LogP contribution in [0.5, 0.6) is 0 Å². The van der Waals surface area contributed by atoms with Gasteiger partial charge in [0.15, 0.2) is 5.82 Å². The van der Waals surface area contributed by atoms with E-state index in [1.54, 1.807) is 7.05 Å². The molecule has 0 atom stereocenters. The van der Waals surface area contributed by atoms with Crippen molar-refractivity contribution in [2.45, 2.75) is 6.92 Å². The molecule has 0 unspecified atom stereocenters. The molecule has 0 aliphatic rings. The summed E-state index contributed by atoms with van der Waals surface area (Å²) in [5, 5.41) is 3.74. The number of nitrogens with zero attached hydrogens (tertiary/aromatic N) is 1. The summed E-state index contributed by atoms with van der Waals surface area (Å²) in [7, 11) is 1.78. The van der Waals surface area contributed by atoms with E-state index in [-0.39, 0.29) is 5.82 Å². The molecule has 1 heterocycles. The van der Waals surface area contributed by atoms with Crippen molar-refractivity contribution in [1.29, 1.82) is 0 Å². The van der Waals surface area contributed by atoms with Gasteiger partial charge in [0.1, 0.15) is 11.3 Å². The van der Waals surface area contributed by atoms with E-state index in [0.717, 1.165) is 15.4 Å². The third-order valence-electron chi connectivity index (χ3n) is 2.26. The van der Waals surface area contributed by atoms with Crippen LogP contribution in [0, 0.1) is 12.7 Å². The summed E-state index contributed by atoms with van der Waals surface area (Å²) in [6.45, 7) is 1.94. The zero-order valence-electron chi connectivity index (χ0n) is 8.44. The average molecular weight is 269 g/mol. The number of pyridine rings is 1. The molecule has 0 aliphatic carbocycles. The van der Waals surface area contributed by atoms with Crippen molar-refractivity contribution in [2.24, 2.45) is 0 Å². The van der Waals surface area contributed by atoms with Crippen LogP contribution in [0.1, 0.15) is 5.56 Å². The second-order valence-electron chi connectivity index (χ2n) is 3.36. The van der Waals surface area contributed by atoms with Gasteiger partial charge in [0.05, 0.1) is 0 Å². The predicted molar refractivity (Wildman–Crippen MR) is 63.7 cm³/mol. The second-order valence-corrected chi connectivity index (χ2v) is 4.28. The molecule has 0 radical (unpaired) electrons. The van der Waals surface area contributed by atoms with Crippen LogP contribution in [-0.4, -0.2) is 12.0 Å². The smallest absolute Gasteiger partial charge is 0.150 e. The number of hydrogen-bond donors (Lipinski definition) is 1. The predicted octanol–water partition coefficient (Wildman–Crippen LogP) is 3.49. The highest BCUT2D eigenvalue weighted by Gasteiger charge is 2.07. The summed E-state index contributed by atoms with van der Waals surface area (Å²) in [4.78, 5) is 4.23. The molecule has 1 aromatic carbocycles. The number of nitrogens with one attached hydrogen (secondary N) is 1. The highest BCUT2D eigenvalue weighted by Crippen LogP contribution is 2.25. The minimum Gasteiger partial charge on any atom is -0.373 e. The van der Waals surface area contributed by atoms with Gasteiger partial charge in [-0.25, -0.2) is 9.37 Å². The van der Waals surface area contributed by atoms with Crippen molar-refractivity contribution < 1.29 is 4.39 Å². The minimum atomic E-state index is -0.309. The highest BCUT2D eigenvalue weighted by atomic mass is 79.9. The van der Waals surface area contributed by atoms with Crippen molar-refractivity contribution in [3.8, 4) is 0 Å². The topological polar surface area (TPSA) is 24.9 Å². The third-order valence-corrected chi connectivity index (χ3v) is 2.72. The van der Waals surface area contributed by atoms with Crippen molar-refractivity contribution in [2.75, 3.05) is 12.4 Å². The Labute approximate surface area is 95.6 Å². The molecule has 0 amide bonds. The van der Waals surface area contributed by atoms with Gasteiger partial charge in [-0.2, -0.15) is 0 Å². The van der Waals surface area contributed by atoms with Gasteiger partial charge in [-0.05, 0) is 30.7 Å². The Bertz CT molecular complexity index is 525. The van der Waals surface area contributed by atoms with Crippen LogP contribution in [0.25, 0.3) is 10.9 Å². The van der Waals surface area contributed by atoms with Crippen LogP contribution in [0.15, 0.2) is 22.7 Å². The van der Waals surface area contributed by atoms with Gasteiger partial charge in [0.2, 0.25) is 0 Å². The van der Waals surface area contributed by atoms with Crippen molar-refractivity contribution >= 4 is 32.7 Å². The second kappa shape index (κ2) is 3.77. The van der Waals surface area contributed by atoms with Crippen LogP contribution in [0.2, 0.25) is 0 Å². The molecule has 1 N–H and O–H groups in total. The molecule has 0 fully saturated rings. The number of benzene rings is 1. The fraction of sp³-hybridized carbons (Fsp3) is 0.182. The minimum absolute atomic E-state index is 0.309. The molecule has 15 heavy (non-hydrogen) atoms. The SMILES string of the molecule is CNc1nc2c(F)cc(Br)cc2cc1C. The normalized spacial score (nSPS) is 10.7. The van der Waals surface area contributed by atoms with Crippen LogP contribution in [0.4, 0.5) is 10.2 Å². The van der Waals surface area contributed by atoms with E-state index in [2.05, 4.69) is 26.2 Å². The molecule has 0 saturated carbocycles. The lowest BCUT2D eigenvalue weighted by molar-refractivity contribution is 0.636. The van der Waals surface area contributed by atoms with Gasteiger partial charge >= 0.3 is 0 Å². The highest BCUT2D eigenvalue weighted by molar-refractivity contribution is 9.10. The quantitative estimate of drug-likeness (QED) is 0.857. The molecule has 2 rings (SSSR count). The first-order valence-electron chi connectivity index (χ1n) is 4.56. The van der Waals surface area contributed by atoms with Crippen molar-refractivity contribution in [3.05, 3.63) is 34.1 Å². The first-order chi connectivity index (χ1) is 7.11. The number of rotatable bonds is 1. The van der Waals surface area contributed by atoms with Gasteiger partial charge in [-0.3, -0.25) is 0 Å². The third kappa shape index (κ3) is 1.81. The molecule has 1 aromatic heterocycles. The van der Waals surface area contributed by atoms with E-state index < -0.39 is 0 Å². The summed E-state index contributed by atoms with van der Waals surface area (Å²) in [5.74, 6) is 0.402. The van der Waals surface area contributed by atoms with Gasteiger partial charge in [-0.15, -0.1) is 0 Å². The summed E-state index contributed by atoms with van der Waals surface area (Å²) in [6.07, 6.45) is 0. The fourth-order valence-corrected chi connectivity index (χ4v) is 2.02. The number of halogens is 2. The monoisotopic (exact) mass is 268 g/mol. The Morgan fingerprint density at radius 1 is 1.33 bits per heavy atom. The van der Waals surface area contributed by atoms with E-state index in [1.165, 1.54) is 6.07 Å². The van der Waals surface area contributed by atoms with E-state index in [4.69, 9.17) is 0 Å². The van der Waals surface area contributed by atoms with Gasteiger partial charge in [-0.1, -0.05) is 15.9 Å². The average Bonchev–Trinajstić information content (AvgIpc) is 2.16. The molecule has 2 nitrogen and oxygen atoms in total. The maximum atomic E-state index is 13.6. The van der Waals surface area contributed by atoms with Crippen LogP contribution >= 0.6 is 15.9 Å². The van der Waals surface area contributed by atoms with Gasteiger partial charge in [0.25, 0.3) is 0 Å². The number of hydrogen-bond acceptors (Lipinski definition) is 2. The zero-order valence-corrected chi connectivity index (χ0v) is 10.0. The number of aryl methyl sites for hydroxylation is 1. The number of aromatic nitrogens is 1. The number of anilines is 1. The van der Waals surface area contributed by atoms with Gasteiger partial charge in [0, 0.05) is 16.9 Å². The summed E-state index contributed by atoms with van der Waals surface area (Å²) < 4.78 is 14.3. The molecule has 78 valence electrons. The fourth-order valence-electron chi connectivity index (χ4n) is 1.57. The Balaban J connectivity index is 2.81. The van der Waals surface area contributed by atoms with E-state index in [9.17, 15) is 4.39 Å². The van der Waals surface area contributed by atoms with Crippen LogP contribution in [-0.2, 0) is 0 Å². The lowest BCUT2D eigenvalue weighted by Gasteiger charge is -2.07. The summed E-state index contributed by atoms with van der Waals surface area (Å²) in [6, 6.07) is 5.20. The van der Waals surface area contributed by atoms with Gasteiger partial charge < -0.3 is 5.32 Å². The molecular weight excluding hydrogens is 259 g/mol. The van der Waals surface area contributed by atoms with E-state index >= 15 is 0 Å². The molecule has 0 bridgehead atoms. The molecule has 4 heteroatoms. The first kappa shape index (κ1) is 10.4. The maximum absolute atomic E-state index is 13.6. The Hall–Kier alpha value is -1.16. The Morgan fingerprint density at radius 3 is 2.73 bits per heavy atom. The maximum Gasteiger partial charge on any atom is 0.150 e. The van der Waals surface area contributed by atoms with Crippen molar-refractivity contribution in [1.82, 2.24) is 4.98 Å². The zero-order chi connectivity index (χ0) is 11.0. The molecule has 0 spiro atoms. The van der Waals surface area contributed by atoms with Crippen LogP contribution < -0.4 is 5.32 Å². The largest absolute Gasteiger partial charge is 0.373 e. The summed E-state index contributed by atoms with van der Waals surface area (Å²) >= 11 is 3.26. The van der Waals surface area contributed by atoms with E-state index in [1.807, 2.05) is 19.1 Å². The number of fused-ring (bicyclic) bond motifs is 1. The Morgan fingerprint density at radius 2 is 2.07 bits per heavy atom. The molecule has 0 saturated heterocycles. The first-order valence-corrected chi connectivity index (χ1v) is 5.35. The van der Waals surface area contributed by atoms with Crippen molar-refractivity contribution in [3.63, 3.8) is 0 Å². The lowest BCUT2D eigenvalue weighted by Crippen LogP contribution is -1.97. The standard InChI is InChI=1S/C11H10BrFN2/c1-6-3-7-4-8(12)5-9(13)10(7)15-11(6)14-2/h3-5H,1-2H3,(H,14,15). The molecule has 2 aromatic rings.